The SMILES string of the molecule is CC(C)(C)OC(=O)N1CCC[C@@H](O)[C@@H](N)C1. The highest BCUT2D eigenvalue weighted by atomic mass is 16.6. The van der Waals surface area contributed by atoms with Crippen molar-refractivity contribution in [2.24, 2.45) is 5.73 Å². The molecule has 1 heterocycles. The molecule has 5 heteroatoms. The van der Waals surface area contributed by atoms with Crippen LogP contribution in [0.2, 0.25) is 0 Å². The Bertz CT molecular complexity index is 250. The molecule has 0 aromatic carbocycles. The molecule has 0 aromatic rings. The van der Waals surface area contributed by atoms with Gasteiger partial charge in [0.05, 0.1) is 6.10 Å². The van der Waals surface area contributed by atoms with E-state index in [1.54, 1.807) is 4.90 Å². The van der Waals surface area contributed by atoms with Crippen molar-refractivity contribution >= 4 is 6.09 Å². The zero-order valence-electron chi connectivity index (χ0n) is 10.3. The van der Waals surface area contributed by atoms with Crippen molar-refractivity contribution < 1.29 is 14.6 Å². The Hall–Kier alpha value is -0.810. The van der Waals surface area contributed by atoms with E-state index in [0.717, 1.165) is 6.42 Å². The summed E-state index contributed by atoms with van der Waals surface area (Å²) in [5.41, 5.74) is 5.28. The largest absolute Gasteiger partial charge is 0.444 e. The van der Waals surface area contributed by atoms with Crippen LogP contribution in [-0.2, 0) is 4.74 Å². The highest BCUT2D eigenvalue weighted by molar-refractivity contribution is 5.68. The number of aliphatic hydroxyl groups is 1. The number of amides is 1. The minimum atomic E-state index is -0.521. The Balaban J connectivity index is 2.56. The zero-order valence-corrected chi connectivity index (χ0v) is 10.3. The Morgan fingerprint density at radius 1 is 1.50 bits per heavy atom. The summed E-state index contributed by atoms with van der Waals surface area (Å²) in [5, 5.41) is 9.59. The van der Waals surface area contributed by atoms with Crippen LogP contribution < -0.4 is 5.73 Å². The molecule has 0 radical (unpaired) electrons. The number of likely N-dealkylation sites (tertiary alicyclic amines) is 1. The van der Waals surface area contributed by atoms with Crippen LogP contribution in [0.1, 0.15) is 33.6 Å². The van der Waals surface area contributed by atoms with Crippen molar-refractivity contribution in [1.82, 2.24) is 4.90 Å². The van der Waals surface area contributed by atoms with Gasteiger partial charge in [-0.1, -0.05) is 0 Å². The number of ether oxygens (including phenoxy) is 1. The van der Waals surface area contributed by atoms with Crippen LogP contribution in [0.5, 0.6) is 0 Å². The lowest BCUT2D eigenvalue weighted by molar-refractivity contribution is 0.0238. The summed E-state index contributed by atoms with van der Waals surface area (Å²) in [6, 6.07) is -0.380. The average molecular weight is 230 g/mol. The maximum absolute atomic E-state index is 11.8. The second-order valence-electron chi connectivity index (χ2n) is 5.30. The summed E-state index contributed by atoms with van der Waals surface area (Å²) < 4.78 is 5.27. The Labute approximate surface area is 96.6 Å². The number of hydrogen-bond donors (Lipinski definition) is 2. The molecule has 16 heavy (non-hydrogen) atoms. The molecule has 1 amide bonds. The van der Waals surface area contributed by atoms with E-state index in [-0.39, 0.29) is 12.1 Å². The number of nitrogens with two attached hydrogens (primary N) is 1. The van der Waals surface area contributed by atoms with E-state index in [1.807, 2.05) is 20.8 Å². The van der Waals surface area contributed by atoms with Crippen LogP contribution in [-0.4, -0.2) is 46.9 Å². The number of aliphatic hydroxyl groups excluding tert-OH is 1. The molecule has 0 spiro atoms. The maximum atomic E-state index is 11.8. The lowest BCUT2D eigenvalue weighted by Gasteiger charge is -2.27. The van der Waals surface area contributed by atoms with Crippen LogP contribution in [0.3, 0.4) is 0 Å². The van der Waals surface area contributed by atoms with Crippen molar-refractivity contribution in [2.45, 2.75) is 51.4 Å². The van der Waals surface area contributed by atoms with Gasteiger partial charge in [0.25, 0.3) is 0 Å². The molecule has 5 nitrogen and oxygen atoms in total. The van der Waals surface area contributed by atoms with Gasteiger partial charge >= 0.3 is 6.09 Å². The summed E-state index contributed by atoms with van der Waals surface area (Å²) in [6.07, 6.45) is 0.527. The van der Waals surface area contributed by atoms with Crippen LogP contribution in [0.4, 0.5) is 4.79 Å². The summed E-state index contributed by atoms with van der Waals surface area (Å²) in [4.78, 5) is 13.4. The fourth-order valence-corrected chi connectivity index (χ4v) is 1.67. The predicted octanol–water partition coefficient (Wildman–Crippen LogP) is 0.706. The molecule has 1 fully saturated rings. The molecule has 0 bridgehead atoms. The molecule has 1 aliphatic heterocycles. The second-order valence-corrected chi connectivity index (χ2v) is 5.30. The molecule has 2 atom stereocenters. The molecular weight excluding hydrogens is 208 g/mol. The van der Waals surface area contributed by atoms with Gasteiger partial charge in [0.1, 0.15) is 5.60 Å². The minimum Gasteiger partial charge on any atom is -0.444 e. The lowest BCUT2D eigenvalue weighted by atomic mass is 10.1. The topological polar surface area (TPSA) is 75.8 Å². The smallest absolute Gasteiger partial charge is 0.410 e. The van der Waals surface area contributed by atoms with E-state index in [1.165, 1.54) is 0 Å². The Morgan fingerprint density at radius 2 is 2.12 bits per heavy atom. The van der Waals surface area contributed by atoms with Crippen LogP contribution in [0, 0.1) is 0 Å². The molecule has 0 aromatic heterocycles. The third-order valence-electron chi connectivity index (χ3n) is 2.51. The standard InChI is InChI=1S/C11H22N2O3/c1-11(2,3)16-10(15)13-6-4-5-9(14)8(12)7-13/h8-9,14H,4-7,12H2,1-3H3/t8-,9+/m0/s1. The normalized spacial score (nSPS) is 27.4. The number of hydrogen-bond acceptors (Lipinski definition) is 4. The van der Waals surface area contributed by atoms with E-state index >= 15 is 0 Å². The number of carbonyl (C=O) groups excluding carboxylic acids is 1. The van der Waals surface area contributed by atoms with Crippen molar-refractivity contribution in [3.8, 4) is 0 Å². The molecule has 0 unspecified atom stereocenters. The van der Waals surface area contributed by atoms with Crippen LogP contribution in [0.15, 0.2) is 0 Å². The van der Waals surface area contributed by atoms with E-state index in [9.17, 15) is 9.90 Å². The number of carbonyl (C=O) groups is 1. The first-order valence-corrected chi connectivity index (χ1v) is 5.71. The predicted molar refractivity (Wildman–Crippen MR) is 61.0 cm³/mol. The van der Waals surface area contributed by atoms with Gasteiger partial charge in [-0.05, 0) is 33.6 Å². The van der Waals surface area contributed by atoms with Gasteiger partial charge < -0.3 is 20.5 Å². The zero-order chi connectivity index (χ0) is 12.3. The molecular formula is C11H22N2O3. The molecule has 1 aliphatic rings. The van der Waals surface area contributed by atoms with Crippen molar-refractivity contribution in [2.75, 3.05) is 13.1 Å². The van der Waals surface area contributed by atoms with Crippen molar-refractivity contribution in [3.05, 3.63) is 0 Å². The summed E-state index contributed by atoms with van der Waals surface area (Å²) in [6.45, 7) is 6.45. The fraction of sp³-hybridized carbons (Fsp3) is 0.909. The first kappa shape index (κ1) is 13.3. The lowest BCUT2D eigenvalue weighted by Crippen LogP contribution is -2.46. The average Bonchev–Trinajstić information content (AvgIpc) is 2.27. The second kappa shape index (κ2) is 5.01. The summed E-state index contributed by atoms with van der Waals surface area (Å²) in [5.74, 6) is 0. The van der Waals surface area contributed by atoms with Crippen LogP contribution >= 0.6 is 0 Å². The van der Waals surface area contributed by atoms with Gasteiger partial charge in [0.2, 0.25) is 0 Å². The first-order valence-electron chi connectivity index (χ1n) is 5.71. The number of nitrogens with zero attached hydrogens (tertiary/aromatic N) is 1. The van der Waals surface area contributed by atoms with Gasteiger partial charge in [-0.2, -0.15) is 0 Å². The molecule has 3 N–H and O–H groups in total. The van der Waals surface area contributed by atoms with Crippen molar-refractivity contribution in [1.29, 1.82) is 0 Å². The van der Waals surface area contributed by atoms with E-state index in [4.69, 9.17) is 10.5 Å². The van der Waals surface area contributed by atoms with E-state index < -0.39 is 11.7 Å². The fourth-order valence-electron chi connectivity index (χ4n) is 1.67. The van der Waals surface area contributed by atoms with Crippen LogP contribution in [0.25, 0.3) is 0 Å². The highest BCUT2D eigenvalue weighted by Gasteiger charge is 2.28. The minimum absolute atomic E-state index is 0.350. The molecule has 0 aliphatic carbocycles. The third-order valence-corrected chi connectivity index (χ3v) is 2.51. The Kier molecular flexibility index (Phi) is 4.15. The first-order chi connectivity index (χ1) is 7.29. The van der Waals surface area contributed by atoms with E-state index in [2.05, 4.69) is 0 Å². The summed E-state index contributed by atoms with van der Waals surface area (Å²) in [7, 11) is 0. The van der Waals surface area contributed by atoms with Gasteiger partial charge in [0.15, 0.2) is 0 Å². The third kappa shape index (κ3) is 3.98. The molecule has 94 valence electrons. The van der Waals surface area contributed by atoms with Gasteiger partial charge in [-0.25, -0.2) is 4.79 Å². The maximum Gasteiger partial charge on any atom is 0.410 e. The van der Waals surface area contributed by atoms with Gasteiger partial charge in [0, 0.05) is 19.1 Å². The van der Waals surface area contributed by atoms with E-state index in [0.29, 0.717) is 19.5 Å². The molecule has 1 saturated heterocycles. The molecule has 1 rings (SSSR count). The monoisotopic (exact) mass is 230 g/mol. The Morgan fingerprint density at radius 3 is 2.69 bits per heavy atom. The van der Waals surface area contributed by atoms with Gasteiger partial charge in [-0.3, -0.25) is 0 Å². The summed E-state index contributed by atoms with van der Waals surface area (Å²) >= 11 is 0. The quantitative estimate of drug-likeness (QED) is 0.642. The highest BCUT2D eigenvalue weighted by Crippen LogP contribution is 2.14. The van der Waals surface area contributed by atoms with Crippen molar-refractivity contribution in [3.63, 3.8) is 0 Å². The van der Waals surface area contributed by atoms with Gasteiger partial charge in [-0.15, -0.1) is 0 Å². The number of rotatable bonds is 0. The molecule has 0 saturated carbocycles.